The highest BCUT2D eigenvalue weighted by atomic mass is 16.2. The number of imidazole rings is 1. The molecule has 1 saturated heterocycles. The van der Waals surface area contributed by atoms with E-state index in [4.69, 9.17) is 0 Å². The maximum absolute atomic E-state index is 13.4. The normalized spacial score (nSPS) is 18.4. The van der Waals surface area contributed by atoms with Crippen LogP contribution in [0.15, 0.2) is 43.0 Å². The van der Waals surface area contributed by atoms with Crippen LogP contribution in [0.5, 0.6) is 0 Å². The molecule has 1 fully saturated rings. The van der Waals surface area contributed by atoms with E-state index < -0.39 is 6.04 Å². The first kappa shape index (κ1) is 17.8. The van der Waals surface area contributed by atoms with Gasteiger partial charge in [-0.15, -0.1) is 0 Å². The largest absolute Gasteiger partial charge is 0.343 e. The van der Waals surface area contributed by atoms with E-state index in [0.29, 0.717) is 12.5 Å². The SMILES string of the molecule is CC1CCN(C(=O)C[C@@H](C(=O)N2CCc3ccccc32)n2ccnc2)CC1. The maximum atomic E-state index is 13.4. The van der Waals surface area contributed by atoms with E-state index in [1.54, 1.807) is 23.3 Å². The number of amides is 2. The molecular weight excluding hydrogens is 340 g/mol. The summed E-state index contributed by atoms with van der Waals surface area (Å²) in [6.07, 6.45) is 8.18. The number of likely N-dealkylation sites (tertiary alicyclic amines) is 1. The molecule has 1 atom stereocenters. The van der Waals surface area contributed by atoms with E-state index in [1.807, 2.05) is 28.0 Å². The van der Waals surface area contributed by atoms with Gasteiger partial charge in [-0.25, -0.2) is 4.98 Å². The molecular formula is C21H26N4O2. The molecule has 2 amide bonds. The second kappa shape index (κ2) is 7.55. The number of carbonyl (C=O) groups is 2. The smallest absolute Gasteiger partial charge is 0.250 e. The Hall–Kier alpha value is -2.63. The molecule has 6 heteroatoms. The first-order chi connectivity index (χ1) is 13.1. The van der Waals surface area contributed by atoms with Crippen LogP contribution in [0.4, 0.5) is 5.69 Å². The third kappa shape index (κ3) is 3.61. The fourth-order valence-electron chi connectivity index (χ4n) is 4.07. The summed E-state index contributed by atoms with van der Waals surface area (Å²) in [6, 6.07) is 7.46. The van der Waals surface area contributed by atoms with Gasteiger partial charge in [0.2, 0.25) is 5.91 Å². The van der Waals surface area contributed by atoms with Crippen molar-refractivity contribution in [3.63, 3.8) is 0 Å². The zero-order chi connectivity index (χ0) is 18.8. The molecule has 0 spiro atoms. The summed E-state index contributed by atoms with van der Waals surface area (Å²) in [5, 5.41) is 0. The number of hydrogen-bond donors (Lipinski definition) is 0. The fraction of sp³-hybridized carbons (Fsp3) is 0.476. The summed E-state index contributed by atoms with van der Waals surface area (Å²) in [4.78, 5) is 34.1. The minimum atomic E-state index is -0.550. The molecule has 27 heavy (non-hydrogen) atoms. The quantitative estimate of drug-likeness (QED) is 0.836. The van der Waals surface area contributed by atoms with Crippen molar-refractivity contribution in [2.45, 2.75) is 38.6 Å². The van der Waals surface area contributed by atoms with Crippen molar-refractivity contribution < 1.29 is 9.59 Å². The van der Waals surface area contributed by atoms with Gasteiger partial charge in [-0.3, -0.25) is 9.59 Å². The summed E-state index contributed by atoms with van der Waals surface area (Å²) < 4.78 is 1.77. The molecule has 2 aliphatic rings. The minimum Gasteiger partial charge on any atom is -0.343 e. The first-order valence-corrected chi connectivity index (χ1v) is 9.78. The number of para-hydroxylation sites is 1. The van der Waals surface area contributed by atoms with Crippen molar-refractivity contribution in [3.8, 4) is 0 Å². The van der Waals surface area contributed by atoms with Gasteiger partial charge in [0.05, 0.1) is 12.7 Å². The van der Waals surface area contributed by atoms with Crippen LogP contribution in [-0.2, 0) is 16.0 Å². The number of piperidine rings is 1. The van der Waals surface area contributed by atoms with Gasteiger partial charge in [0.15, 0.2) is 0 Å². The molecule has 1 aromatic heterocycles. The third-order valence-electron chi connectivity index (χ3n) is 5.83. The molecule has 142 valence electrons. The van der Waals surface area contributed by atoms with Crippen LogP contribution in [0, 0.1) is 5.92 Å². The monoisotopic (exact) mass is 366 g/mol. The molecule has 2 aliphatic heterocycles. The van der Waals surface area contributed by atoms with Crippen molar-refractivity contribution >= 4 is 17.5 Å². The van der Waals surface area contributed by atoms with Crippen LogP contribution in [0.2, 0.25) is 0 Å². The molecule has 0 radical (unpaired) electrons. The topological polar surface area (TPSA) is 58.4 Å². The molecule has 6 nitrogen and oxygen atoms in total. The summed E-state index contributed by atoms with van der Waals surface area (Å²) in [5.41, 5.74) is 2.15. The summed E-state index contributed by atoms with van der Waals surface area (Å²) in [5.74, 6) is 0.694. The summed E-state index contributed by atoms with van der Waals surface area (Å²) >= 11 is 0. The predicted molar refractivity (Wildman–Crippen MR) is 103 cm³/mol. The van der Waals surface area contributed by atoms with Crippen molar-refractivity contribution in [1.82, 2.24) is 14.5 Å². The Morgan fingerprint density at radius 3 is 2.70 bits per heavy atom. The number of benzene rings is 1. The standard InChI is InChI=1S/C21H26N4O2/c1-16-6-10-23(11-7-16)20(26)14-19(24-13-9-22-15-24)21(27)25-12-8-17-4-2-3-5-18(17)25/h2-5,9,13,15-16,19H,6-8,10-12,14H2,1H3/t19-/m0/s1. The summed E-state index contributed by atoms with van der Waals surface area (Å²) in [7, 11) is 0. The van der Waals surface area contributed by atoms with E-state index in [1.165, 1.54) is 5.56 Å². The van der Waals surface area contributed by atoms with Crippen LogP contribution in [0.1, 0.15) is 37.8 Å². The van der Waals surface area contributed by atoms with Gasteiger partial charge >= 0.3 is 0 Å². The zero-order valence-corrected chi connectivity index (χ0v) is 15.8. The van der Waals surface area contributed by atoms with Gasteiger partial charge in [-0.1, -0.05) is 25.1 Å². The highest BCUT2D eigenvalue weighted by Gasteiger charge is 2.33. The van der Waals surface area contributed by atoms with Crippen molar-refractivity contribution in [3.05, 3.63) is 48.5 Å². The number of fused-ring (bicyclic) bond motifs is 1. The van der Waals surface area contributed by atoms with Gasteiger partial charge in [0, 0.05) is 37.7 Å². The average Bonchev–Trinajstić information content (AvgIpc) is 3.36. The van der Waals surface area contributed by atoms with Crippen LogP contribution >= 0.6 is 0 Å². The molecule has 0 saturated carbocycles. The number of rotatable bonds is 4. The lowest BCUT2D eigenvalue weighted by atomic mass is 9.98. The lowest BCUT2D eigenvalue weighted by Crippen LogP contribution is -2.42. The lowest BCUT2D eigenvalue weighted by molar-refractivity contribution is -0.136. The Morgan fingerprint density at radius 1 is 1.19 bits per heavy atom. The molecule has 0 bridgehead atoms. The summed E-state index contributed by atoms with van der Waals surface area (Å²) in [6.45, 7) is 4.47. The second-order valence-corrected chi connectivity index (χ2v) is 7.66. The predicted octanol–water partition coefficient (Wildman–Crippen LogP) is 2.66. The number of hydrogen-bond acceptors (Lipinski definition) is 3. The Balaban J connectivity index is 1.54. The van der Waals surface area contributed by atoms with E-state index in [0.717, 1.165) is 38.0 Å². The highest BCUT2D eigenvalue weighted by molar-refractivity contribution is 6.00. The van der Waals surface area contributed by atoms with Crippen molar-refractivity contribution in [1.29, 1.82) is 0 Å². The molecule has 2 aromatic rings. The second-order valence-electron chi connectivity index (χ2n) is 7.66. The number of carbonyl (C=O) groups excluding carboxylic acids is 2. The third-order valence-corrected chi connectivity index (χ3v) is 5.83. The Labute approximate surface area is 159 Å². The van der Waals surface area contributed by atoms with E-state index in [-0.39, 0.29) is 18.2 Å². The van der Waals surface area contributed by atoms with Gasteiger partial charge in [0.25, 0.3) is 5.91 Å². The molecule has 1 aromatic carbocycles. The Kier molecular flexibility index (Phi) is 4.97. The fourth-order valence-corrected chi connectivity index (χ4v) is 4.07. The minimum absolute atomic E-state index is 0.0309. The highest BCUT2D eigenvalue weighted by Crippen LogP contribution is 2.31. The number of nitrogens with zero attached hydrogens (tertiary/aromatic N) is 4. The van der Waals surface area contributed by atoms with Crippen molar-refractivity contribution in [2.75, 3.05) is 24.5 Å². The van der Waals surface area contributed by atoms with E-state index >= 15 is 0 Å². The lowest BCUT2D eigenvalue weighted by Gasteiger charge is -2.32. The maximum Gasteiger partial charge on any atom is 0.250 e. The van der Waals surface area contributed by atoms with Gasteiger partial charge in [-0.2, -0.15) is 0 Å². The molecule has 4 rings (SSSR count). The van der Waals surface area contributed by atoms with Crippen LogP contribution in [0.25, 0.3) is 0 Å². The van der Waals surface area contributed by atoms with Gasteiger partial charge in [0.1, 0.15) is 6.04 Å². The molecule has 0 unspecified atom stereocenters. The first-order valence-electron chi connectivity index (χ1n) is 9.78. The van der Waals surface area contributed by atoms with E-state index in [2.05, 4.69) is 18.0 Å². The van der Waals surface area contributed by atoms with Crippen LogP contribution < -0.4 is 4.90 Å². The number of anilines is 1. The zero-order valence-electron chi connectivity index (χ0n) is 15.8. The van der Waals surface area contributed by atoms with Crippen LogP contribution in [0.3, 0.4) is 0 Å². The Bertz CT molecular complexity index is 809. The molecule has 3 heterocycles. The van der Waals surface area contributed by atoms with E-state index in [9.17, 15) is 9.59 Å². The van der Waals surface area contributed by atoms with Crippen molar-refractivity contribution in [2.24, 2.45) is 5.92 Å². The molecule has 0 N–H and O–H groups in total. The van der Waals surface area contributed by atoms with Gasteiger partial charge in [-0.05, 0) is 36.8 Å². The average molecular weight is 366 g/mol. The van der Waals surface area contributed by atoms with Gasteiger partial charge < -0.3 is 14.4 Å². The Morgan fingerprint density at radius 2 is 1.96 bits per heavy atom. The number of aromatic nitrogens is 2. The molecule has 0 aliphatic carbocycles. The van der Waals surface area contributed by atoms with Crippen LogP contribution in [-0.4, -0.2) is 45.9 Å².